The van der Waals surface area contributed by atoms with Crippen molar-refractivity contribution < 1.29 is 26.7 Å². The summed E-state index contributed by atoms with van der Waals surface area (Å²) < 4.78 is 0. The summed E-state index contributed by atoms with van der Waals surface area (Å²) in [7, 11) is 0. The van der Waals surface area contributed by atoms with Gasteiger partial charge in [-0.1, -0.05) is 60.5 Å². The van der Waals surface area contributed by atoms with Gasteiger partial charge < -0.3 is 15.5 Å². The van der Waals surface area contributed by atoms with E-state index in [1.54, 1.807) is 48.8 Å². The number of hydrogen-bond acceptors (Lipinski definition) is 5. The van der Waals surface area contributed by atoms with Crippen LogP contribution in [0.1, 0.15) is 29.4 Å². The number of benzene rings is 2. The predicted molar refractivity (Wildman–Crippen MR) is 149 cm³/mol. The molecule has 0 aliphatic carbocycles. The number of phenolic OH excluding ortho intramolecular Hbond substituents is 2. The monoisotopic (exact) mass is 579 g/mol. The summed E-state index contributed by atoms with van der Waals surface area (Å²) in [5, 5.41) is 24.8. The van der Waals surface area contributed by atoms with Gasteiger partial charge in [-0.05, 0) is 55.5 Å². The second-order valence-corrected chi connectivity index (χ2v) is 8.90. The van der Waals surface area contributed by atoms with Crippen molar-refractivity contribution in [1.29, 1.82) is 0 Å². The van der Waals surface area contributed by atoms with Crippen LogP contribution >= 0.6 is 23.2 Å². The van der Waals surface area contributed by atoms with Crippen molar-refractivity contribution in [2.24, 2.45) is 9.98 Å². The van der Waals surface area contributed by atoms with Gasteiger partial charge in [-0.2, -0.15) is 5.70 Å². The molecule has 1 unspecified atom stereocenters. The first-order valence-corrected chi connectivity index (χ1v) is 12.0. The van der Waals surface area contributed by atoms with Crippen LogP contribution < -0.4 is 0 Å². The molecule has 3 aromatic rings. The Bertz CT molecular complexity index is 1310. The summed E-state index contributed by atoms with van der Waals surface area (Å²) in [4.78, 5) is 12.9. The van der Waals surface area contributed by atoms with Crippen LogP contribution in [-0.4, -0.2) is 40.2 Å². The molecule has 0 spiro atoms. The third-order valence-corrected chi connectivity index (χ3v) is 5.44. The fraction of sp³-hybridized carbons (Fsp3) is 0.179. The van der Waals surface area contributed by atoms with E-state index in [1.807, 2.05) is 50.3 Å². The molecule has 37 heavy (non-hydrogen) atoms. The summed E-state index contributed by atoms with van der Waals surface area (Å²) in [6.07, 6.45) is 9.17. The van der Waals surface area contributed by atoms with Gasteiger partial charge in [0.05, 0.1) is 12.2 Å². The van der Waals surface area contributed by atoms with Crippen molar-refractivity contribution in [3.8, 4) is 11.5 Å². The van der Waals surface area contributed by atoms with Gasteiger partial charge in [-0.3, -0.25) is 15.0 Å². The van der Waals surface area contributed by atoms with Gasteiger partial charge in [-0.25, -0.2) is 0 Å². The van der Waals surface area contributed by atoms with Gasteiger partial charge in [-0.15, -0.1) is 0 Å². The van der Waals surface area contributed by atoms with E-state index in [0.29, 0.717) is 34.3 Å². The molecule has 0 saturated heterocycles. The van der Waals surface area contributed by atoms with E-state index in [4.69, 9.17) is 23.2 Å². The van der Waals surface area contributed by atoms with Crippen LogP contribution in [0, 0.1) is 6.92 Å². The number of halogens is 2. The smallest absolute Gasteiger partial charge is 0.124 e. The van der Waals surface area contributed by atoms with E-state index in [0.717, 1.165) is 17.1 Å². The van der Waals surface area contributed by atoms with Crippen molar-refractivity contribution in [1.82, 2.24) is 4.98 Å². The minimum atomic E-state index is 0. The fourth-order valence-electron chi connectivity index (χ4n) is 3.21. The zero-order valence-electron chi connectivity index (χ0n) is 20.3. The van der Waals surface area contributed by atoms with Crippen LogP contribution in [0.2, 0.25) is 10.0 Å². The standard InChI is InChI=1S/C14H14ClN2O.C14H13ClN2O.Ni/c2*1-10-3-2-4-13(17-10)9-16-8-11-7-12(15)5-6-14(11)18;/h2-8,13H,9H2,1H3,(H,16,18);2-8,18H,9H2,1H3;/q-1;;. The van der Waals surface area contributed by atoms with E-state index in [-0.39, 0.29) is 34.0 Å². The average molecular weight is 581 g/mol. The van der Waals surface area contributed by atoms with Crippen LogP contribution in [0.3, 0.4) is 0 Å². The third kappa shape index (κ3) is 10.4. The molecule has 0 bridgehead atoms. The van der Waals surface area contributed by atoms with Crippen molar-refractivity contribution >= 4 is 35.6 Å². The van der Waals surface area contributed by atoms with Crippen LogP contribution in [0.5, 0.6) is 11.5 Å². The second-order valence-electron chi connectivity index (χ2n) is 8.03. The SMILES string of the molecule is CC1=CC=CC(CN=Cc2cc(Cl)ccc2O)[N-]1.Cc1cccc(CN=Cc2cc(Cl)ccc2O)n1.[Ni]. The normalized spacial score (nSPS) is 14.5. The maximum atomic E-state index is 9.62. The zero-order chi connectivity index (χ0) is 25.9. The van der Waals surface area contributed by atoms with Crippen molar-refractivity contribution in [2.75, 3.05) is 6.54 Å². The Kier molecular flexibility index (Phi) is 12.4. The number of allylic oxidation sites excluding steroid dienone is 3. The second kappa shape index (κ2) is 15.2. The van der Waals surface area contributed by atoms with Gasteiger partial charge in [0.1, 0.15) is 11.5 Å². The Morgan fingerprint density at radius 3 is 2.14 bits per heavy atom. The molecule has 196 valence electrons. The van der Waals surface area contributed by atoms with Crippen molar-refractivity contribution in [3.63, 3.8) is 0 Å². The minimum absolute atomic E-state index is 0. The number of aryl methyl sites for hydroxylation is 1. The summed E-state index contributed by atoms with van der Waals surface area (Å²) in [5.41, 5.74) is 4.09. The molecule has 2 N–H and O–H groups in total. The molecule has 1 aliphatic rings. The average Bonchev–Trinajstić information content (AvgIpc) is 2.84. The van der Waals surface area contributed by atoms with Gasteiger partial charge >= 0.3 is 0 Å². The molecule has 0 radical (unpaired) electrons. The van der Waals surface area contributed by atoms with Gasteiger partial charge in [0.2, 0.25) is 0 Å². The summed E-state index contributed by atoms with van der Waals surface area (Å²) in [6.45, 7) is 4.94. The van der Waals surface area contributed by atoms with Gasteiger partial charge in [0.15, 0.2) is 0 Å². The molecule has 0 fully saturated rings. The largest absolute Gasteiger partial charge is 0.681 e. The Hall–Kier alpha value is -3.12. The maximum Gasteiger partial charge on any atom is 0.124 e. The molecular weight excluding hydrogens is 554 g/mol. The number of pyridine rings is 1. The minimum Gasteiger partial charge on any atom is -0.681 e. The Morgan fingerprint density at radius 1 is 0.919 bits per heavy atom. The molecule has 4 rings (SSSR count). The fourth-order valence-corrected chi connectivity index (χ4v) is 3.58. The zero-order valence-corrected chi connectivity index (χ0v) is 22.8. The number of aromatic nitrogens is 1. The number of phenols is 2. The van der Waals surface area contributed by atoms with E-state index in [9.17, 15) is 10.2 Å². The van der Waals surface area contributed by atoms with Crippen molar-refractivity contribution in [2.45, 2.75) is 26.4 Å². The van der Waals surface area contributed by atoms with Crippen LogP contribution in [-0.2, 0) is 23.0 Å². The topological polar surface area (TPSA) is 92.2 Å². The Balaban J connectivity index is 0.000000253. The van der Waals surface area contributed by atoms with Gasteiger partial charge in [0.25, 0.3) is 0 Å². The van der Waals surface area contributed by atoms with E-state index in [2.05, 4.69) is 20.3 Å². The number of rotatable bonds is 6. The number of hydrogen-bond donors (Lipinski definition) is 2. The first kappa shape index (κ1) is 30.1. The molecule has 1 aromatic heterocycles. The molecule has 2 heterocycles. The molecule has 1 aliphatic heterocycles. The quantitative estimate of drug-likeness (QED) is 0.242. The summed E-state index contributed by atoms with van der Waals surface area (Å²) in [6, 6.07) is 15.6. The van der Waals surface area contributed by atoms with E-state index >= 15 is 0 Å². The molecule has 0 saturated carbocycles. The van der Waals surface area contributed by atoms with Crippen LogP contribution in [0.15, 0.2) is 88.5 Å². The predicted octanol–water partition coefficient (Wildman–Crippen LogP) is 7.05. The number of aliphatic imine (C=N–C) groups is 2. The van der Waals surface area contributed by atoms with Crippen LogP contribution in [0.25, 0.3) is 5.32 Å². The first-order chi connectivity index (χ1) is 17.3. The first-order valence-electron chi connectivity index (χ1n) is 11.3. The number of nitrogens with zero attached hydrogens (tertiary/aromatic N) is 4. The van der Waals surface area contributed by atoms with Crippen LogP contribution in [0.4, 0.5) is 0 Å². The van der Waals surface area contributed by atoms with E-state index < -0.39 is 0 Å². The molecule has 6 nitrogen and oxygen atoms in total. The number of aromatic hydroxyl groups is 2. The molecule has 2 aromatic carbocycles. The Morgan fingerprint density at radius 2 is 1.54 bits per heavy atom. The maximum absolute atomic E-state index is 9.62. The Labute approximate surface area is 237 Å². The molecule has 0 amide bonds. The van der Waals surface area contributed by atoms with Gasteiger partial charge in [0, 0.05) is 62.3 Å². The van der Waals surface area contributed by atoms with E-state index in [1.165, 1.54) is 0 Å². The molecule has 9 heteroatoms. The third-order valence-electron chi connectivity index (χ3n) is 4.97. The molecule has 1 atom stereocenters. The molecular formula is C28H27Cl2N4NiO2-. The summed E-state index contributed by atoms with van der Waals surface area (Å²) >= 11 is 11.7. The van der Waals surface area contributed by atoms with Crippen molar-refractivity contribution in [3.05, 3.63) is 116 Å². The summed E-state index contributed by atoms with van der Waals surface area (Å²) in [5.74, 6) is 0.343.